The Labute approximate surface area is 345 Å². The van der Waals surface area contributed by atoms with Crippen molar-refractivity contribution < 1.29 is 39.5 Å². The van der Waals surface area contributed by atoms with E-state index in [1.165, 1.54) is 0 Å². The van der Waals surface area contributed by atoms with Gasteiger partial charge < -0.3 is 29.9 Å². The fourth-order valence-electron chi connectivity index (χ4n) is 8.21. The molecule has 4 aromatic carbocycles. The molecule has 0 saturated heterocycles. The highest BCUT2D eigenvalue weighted by Crippen LogP contribution is 2.39. The molecular formula is C48H64N2O8. The van der Waals surface area contributed by atoms with Crippen LogP contribution in [0.15, 0.2) is 97.1 Å². The minimum Gasteiger partial charge on any atom is -0.508 e. The molecule has 0 heterocycles. The molecule has 0 aliphatic carbocycles. The van der Waals surface area contributed by atoms with Gasteiger partial charge in [-0.1, -0.05) is 96.1 Å². The first kappa shape index (κ1) is 46.0. The van der Waals surface area contributed by atoms with Gasteiger partial charge in [0.15, 0.2) is 24.7 Å². The fraction of sp³-hybridized carbons (Fsp3) is 0.458. The van der Waals surface area contributed by atoms with E-state index in [2.05, 4.69) is 0 Å². The summed E-state index contributed by atoms with van der Waals surface area (Å²) in [6.07, 6.45) is -6.01. The Kier molecular flexibility index (Phi) is 16.5. The van der Waals surface area contributed by atoms with E-state index < -0.39 is 48.4 Å². The molecule has 0 bridgehead atoms. The molecule has 6 atom stereocenters. The number of ether oxygens (including phenoxy) is 2. The van der Waals surface area contributed by atoms with E-state index in [1.54, 1.807) is 12.1 Å². The van der Waals surface area contributed by atoms with Gasteiger partial charge in [-0.25, -0.2) is 9.59 Å². The van der Waals surface area contributed by atoms with Crippen molar-refractivity contribution in [1.82, 2.24) is 9.80 Å². The second-order valence-corrected chi connectivity index (χ2v) is 16.5. The third-order valence-electron chi connectivity index (χ3n) is 10.7. The minimum absolute atomic E-state index is 0.0990. The maximum atomic E-state index is 13.9. The van der Waals surface area contributed by atoms with Gasteiger partial charge in [0.05, 0.1) is 0 Å². The first-order valence-electron chi connectivity index (χ1n) is 20.4. The lowest BCUT2D eigenvalue weighted by molar-refractivity contribution is -0.193. The van der Waals surface area contributed by atoms with E-state index in [0.717, 1.165) is 22.3 Å². The Morgan fingerprint density at radius 3 is 1.12 bits per heavy atom. The molecule has 0 aromatic heterocycles. The summed E-state index contributed by atoms with van der Waals surface area (Å²) >= 11 is 0. The lowest BCUT2D eigenvalue weighted by Crippen LogP contribution is -2.52. The Morgan fingerprint density at radius 1 is 0.517 bits per heavy atom. The minimum atomic E-state index is -2.27. The number of nitrogens with zero attached hydrogens (tertiary/aromatic N) is 2. The number of phenolic OH excluding ortho intramolecular Hbond substituents is 2. The molecular weight excluding hydrogens is 733 g/mol. The molecule has 10 heteroatoms. The number of aliphatic hydroxyl groups excluding tert-OH is 2. The maximum Gasteiger partial charge on any atom is 0.339 e. The Balaban J connectivity index is 1.66. The van der Waals surface area contributed by atoms with E-state index in [-0.39, 0.29) is 48.5 Å². The first-order valence-corrected chi connectivity index (χ1v) is 20.4. The molecule has 314 valence electrons. The van der Waals surface area contributed by atoms with Crippen LogP contribution in [0.25, 0.3) is 0 Å². The lowest BCUT2D eigenvalue weighted by atomic mass is 9.86. The van der Waals surface area contributed by atoms with Gasteiger partial charge in [0.1, 0.15) is 11.5 Å². The van der Waals surface area contributed by atoms with Crippen LogP contribution in [0.4, 0.5) is 0 Å². The van der Waals surface area contributed by atoms with E-state index in [9.17, 15) is 30.0 Å². The number of carbonyl (C=O) groups is 2. The lowest BCUT2D eigenvalue weighted by Gasteiger charge is -2.40. The van der Waals surface area contributed by atoms with Crippen LogP contribution in [0.2, 0.25) is 0 Å². The molecule has 0 radical (unpaired) electrons. The number of carbonyl (C=O) groups excluding carboxylic acids is 2. The smallest absolute Gasteiger partial charge is 0.339 e. The quantitative estimate of drug-likeness (QED) is 0.0543. The maximum absolute atomic E-state index is 13.9. The molecule has 58 heavy (non-hydrogen) atoms. The van der Waals surface area contributed by atoms with Crippen LogP contribution in [0.5, 0.6) is 11.5 Å². The highest BCUT2D eigenvalue weighted by Gasteiger charge is 2.40. The largest absolute Gasteiger partial charge is 0.508 e. The number of phenols is 2. The summed E-state index contributed by atoms with van der Waals surface area (Å²) in [7, 11) is 0. The van der Waals surface area contributed by atoms with Gasteiger partial charge in [-0.15, -0.1) is 0 Å². The molecule has 0 spiro atoms. The van der Waals surface area contributed by atoms with Gasteiger partial charge in [0.25, 0.3) is 0 Å². The van der Waals surface area contributed by atoms with Crippen LogP contribution >= 0.6 is 0 Å². The predicted molar refractivity (Wildman–Crippen MR) is 227 cm³/mol. The van der Waals surface area contributed by atoms with Gasteiger partial charge in [0.2, 0.25) is 0 Å². The van der Waals surface area contributed by atoms with Crippen LogP contribution in [-0.4, -0.2) is 91.0 Å². The Morgan fingerprint density at radius 2 is 0.828 bits per heavy atom. The van der Waals surface area contributed by atoms with Gasteiger partial charge in [-0.3, -0.25) is 9.80 Å². The van der Waals surface area contributed by atoms with Crippen molar-refractivity contribution in [2.45, 2.75) is 143 Å². The average Bonchev–Trinajstić information content (AvgIpc) is 3.17. The van der Waals surface area contributed by atoms with Crippen molar-refractivity contribution in [3.8, 4) is 11.5 Å². The average molecular weight is 797 g/mol. The highest BCUT2D eigenvalue weighted by atomic mass is 16.6. The van der Waals surface area contributed by atoms with Gasteiger partial charge in [-0.05, 0) is 92.5 Å². The number of aliphatic hydroxyl groups is 2. The highest BCUT2D eigenvalue weighted by molar-refractivity contribution is 5.85. The predicted octanol–water partition coefficient (Wildman–Crippen LogP) is 8.16. The molecule has 4 unspecified atom stereocenters. The van der Waals surface area contributed by atoms with E-state index in [1.807, 2.05) is 164 Å². The third-order valence-corrected chi connectivity index (χ3v) is 10.7. The van der Waals surface area contributed by atoms with Gasteiger partial charge >= 0.3 is 11.9 Å². The summed E-state index contributed by atoms with van der Waals surface area (Å²) in [5, 5.41) is 44.9. The van der Waals surface area contributed by atoms with Crippen LogP contribution in [0.1, 0.15) is 113 Å². The molecule has 4 N–H and O–H groups in total. The SMILES string of the molecule is Cc1ccc(O)c([C@H](CC(OC(=O)C(O)C(O)C(=O)OC(C[C@H](c2ccccc2)c2cc(C)ccc2O)N(C(C)C)C(C)C)N(C(C)C)C(C)C)c2ccccc2)c1. The van der Waals surface area contributed by atoms with Crippen molar-refractivity contribution in [1.29, 1.82) is 0 Å². The molecule has 0 aliphatic heterocycles. The number of benzene rings is 4. The second kappa shape index (κ2) is 20.8. The molecule has 4 aromatic rings. The monoisotopic (exact) mass is 796 g/mol. The Hall–Kier alpha value is -4.74. The summed E-state index contributed by atoms with van der Waals surface area (Å²) in [6.45, 7) is 19.7. The normalized spacial score (nSPS) is 15.1. The number of aromatic hydroxyl groups is 2. The van der Waals surface area contributed by atoms with Crippen LogP contribution in [0, 0.1) is 13.8 Å². The number of hydrogen-bond donors (Lipinski definition) is 4. The molecule has 0 aliphatic rings. The van der Waals surface area contributed by atoms with Crippen molar-refractivity contribution in [3.05, 3.63) is 130 Å². The van der Waals surface area contributed by atoms with Crippen LogP contribution < -0.4 is 0 Å². The third kappa shape index (κ3) is 11.7. The molecule has 0 fully saturated rings. The van der Waals surface area contributed by atoms with Crippen molar-refractivity contribution >= 4 is 11.9 Å². The first-order chi connectivity index (χ1) is 27.4. The molecule has 0 saturated carbocycles. The summed E-state index contributed by atoms with van der Waals surface area (Å²) in [4.78, 5) is 31.8. The summed E-state index contributed by atoms with van der Waals surface area (Å²) in [5.41, 5.74) is 4.98. The van der Waals surface area contributed by atoms with Crippen molar-refractivity contribution in [2.75, 3.05) is 0 Å². The van der Waals surface area contributed by atoms with E-state index >= 15 is 0 Å². The zero-order chi connectivity index (χ0) is 42.8. The van der Waals surface area contributed by atoms with Crippen molar-refractivity contribution in [3.63, 3.8) is 0 Å². The second-order valence-electron chi connectivity index (χ2n) is 16.5. The molecule has 0 amide bonds. The number of rotatable bonds is 19. The van der Waals surface area contributed by atoms with Gasteiger partial charge in [0, 0.05) is 60.0 Å². The zero-order valence-electron chi connectivity index (χ0n) is 35.7. The summed E-state index contributed by atoms with van der Waals surface area (Å²) in [6, 6.07) is 29.5. The van der Waals surface area contributed by atoms with Crippen LogP contribution in [-0.2, 0) is 19.1 Å². The standard InChI is InChI=1S/C48H64N2O8/c1-29(2)49(30(3)4)43(27-37(35-17-13-11-14-18-35)39-25-33(9)21-23-41(39)51)57-47(55)45(53)46(54)48(56)58-44(50(31(5)6)32(7)8)28-38(36-19-15-12-16-20-36)40-26-34(10)22-24-42(40)52/h11-26,29-32,37-38,43-46,51-54H,27-28H2,1-10H3/t37-,38-,43?,44?,45?,46?/m1/s1. The van der Waals surface area contributed by atoms with Crippen molar-refractivity contribution in [2.24, 2.45) is 0 Å². The number of aryl methyl sites for hydroxylation is 2. The molecule has 4 rings (SSSR count). The topological polar surface area (TPSA) is 140 Å². The van der Waals surface area contributed by atoms with Crippen LogP contribution in [0.3, 0.4) is 0 Å². The molecule has 10 nitrogen and oxygen atoms in total. The number of hydrogen-bond acceptors (Lipinski definition) is 10. The Bertz CT molecular complexity index is 1760. The van der Waals surface area contributed by atoms with Gasteiger partial charge in [-0.2, -0.15) is 0 Å². The van der Waals surface area contributed by atoms with E-state index in [0.29, 0.717) is 11.1 Å². The summed E-state index contributed by atoms with van der Waals surface area (Å²) in [5.74, 6) is -3.02. The zero-order valence-corrected chi connectivity index (χ0v) is 35.7. The van der Waals surface area contributed by atoms with E-state index in [4.69, 9.17) is 9.47 Å². The fourth-order valence-corrected chi connectivity index (χ4v) is 8.21. The summed E-state index contributed by atoms with van der Waals surface area (Å²) < 4.78 is 12.2. The number of esters is 2.